The summed E-state index contributed by atoms with van der Waals surface area (Å²) in [6.07, 6.45) is 1.56. The van der Waals surface area contributed by atoms with Crippen molar-refractivity contribution in [3.8, 4) is 11.6 Å². The molecule has 0 fully saturated rings. The van der Waals surface area contributed by atoms with Crippen LogP contribution in [0.15, 0.2) is 50.6 Å². The van der Waals surface area contributed by atoms with Gasteiger partial charge in [0.2, 0.25) is 0 Å². The minimum absolute atomic E-state index is 0.0148. The van der Waals surface area contributed by atoms with Crippen LogP contribution < -0.4 is 5.32 Å². The highest BCUT2D eigenvalue weighted by atomic mass is 79.9. The lowest BCUT2D eigenvalue weighted by Gasteiger charge is -2.08. The quantitative estimate of drug-likeness (QED) is 0.387. The van der Waals surface area contributed by atoms with Crippen LogP contribution in [0, 0.1) is 6.92 Å². The number of amides is 1. The summed E-state index contributed by atoms with van der Waals surface area (Å²) in [5.74, 6) is 0.302. The Kier molecular flexibility index (Phi) is 7.10. The molecule has 0 atom stereocenters. The van der Waals surface area contributed by atoms with Gasteiger partial charge in [-0.25, -0.2) is 0 Å². The van der Waals surface area contributed by atoms with Crippen molar-refractivity contribution in [2.75, 3.05) is 17.7 Å². The van der Waals surface area contributed by atoms with E-state index in [-0.39, 0.29) is 12.4 Å². The van der Waals surface area contributed by atoms with E-state index in [0.29, 0.717) is 29.0 Å². The Balaban J connectivity index is 1.49. The first-order valence-corrected chi connectivity index (χ1v) is 10.6. The molecule has 1 amide bonds. The molecule has 152 valence electrons. The third-order valence-corrected chi connectivity index (χ3v) is 5.73. The Hall–Kier alpha value is -2.59. The minimum atomic E-state index is -0.512. The molecule has 0 spiro atoms. The number of esters is 1. The molecule has 3 rings (SSSR count). The highest BCUT2D eigenvalue weighted by molar-refractivity contribution is 9.10. The average Bonchev–Trinajstić information content (AvgIpc) is 3.36. The fraction of sp³-hybridized carbons (Fsp3) is 0.263. The first kappa shape index (κ1) is 21.1. The zero-order valence-corrected chi connectivity index (χ0v) is 18.2. The summed E-state index contributed by atoms with van der Waals surface area (Å²) in [7, 11) is 0. The van der Waals surface area contributed by atoms with E-state index in [2.05, 4.69) is 31.4 Å². The fourth-order valence-electron chi connectivity index (χ4n) is 2.50. The molecule has 0 saturated carbocycles. The Morgan fingerprint density at radius 2 is 2.14 bits per heavy atom. The number of anilines is 1. The van der Waals surface area contributed by atoms with E-state index >= 15 is 0 Å². The molecule has 0 saturated heterocycles. The maximum atomic E-state index is 12.0. The summed E-state index contributed by atoms with van der Waals surface area (Å²) >= 11 is 4.60. The smallest absolute Gasteiger partial charge is 0.316 e. The number of furan rings is 1. The van der Waals surface area contributed by atoms with Crippen LogP contribution in [0.25, 0.3) is 11.6 Å². The van der Waals surface area contributed by atoms with Gasteiger partial charge in [-0.1, -0.05) is 27.7 Å². The average molecular weight is 479 g/mol. The molecule has 1 N–H and O–H groups in total. The van der Waals surface area contributed by atoms with Crippen LogP contribution >= 0.6 is 27.7 Å². The molecule has 8 nitrogen and oxygen atoms in total. The van der Waals surface area contributed by atoms with E-state index in [9.17, 15) is 9.59 Å². The number of halogens is 1. The number of carbonyl (C=O) groups is 2. The Bertz CT molecular complexity index is 1000. The summed E-state index contributed by atoms with van der Waals surface area (Å²) in [5.41, 5.74) is 1.63. The minimum Gasteiger partial charge on any atom is -0.461 e. The number of hydrogen-bond acceptors (Lipinski definition) is 7. The summed E-state index contributed by atoms with van der Waals surface area (Å²) < 4.78 is 13.2. The van der Waals surface area contributed by atoms with Crippen molar-refractivity contribution in [1.82, 2.24) is 14.8 Å². The van der Waals surface area contributed by atoms with Gasteiger partial charge >= 0.3 is 5.97 Å². The van der Waals surface area contributed by atoms with Gasteiger partial charge in [0.1, 0.15) is 0 Å². The van der Waals surface area contributed by atoms with Crippen LogP contribution in [-0.2, 0) is 20.9 Å². The SMILES string of the molecule is CCn1c(SCC(=O)OCC(=O)Nc2ccc(Br)c(C)c2)nnc1-c1ccco1. The summed E-state index contributed by atoms with van der Waals surface area (Å²) in [5, 5.41) is 11.5. The standard InChI is InChI=1S/C19H19BrN4O4S/c1-3-24-18(15-5-4-8-27-15)22-23-19(24)29-11-17(26)28-10-16(25)21-13-6-7-14(20)12(2)9-13/h4-9H,3,10-11H2,1-2H3,(H,21,25). The van der Waals surface area contributed by atoms with Crippen molar-refractivity contribution in [1.29, 1.82) is 0 Å². The maximum Gasteiger partial charge on any atom is 0.316 e. The van der Waals surface area contributed by atoms with Gasteiger partial charge in [-0.15, -0.1) is 10.2 Å². The lowest BCUT2D eigenvalue weighted by atomic mass is 10.2. The maximum absolute atomic E-state index is 12.0. The number of aryl methyl sites for hydroxylation is 1. The Morgan fingerprint density at radius 1 is 1.31 bits per heavy atom. The zero-order valence-electron chi connectivity index (χ0n) is 15.8. The van der Waals surface area contributed by atoms with Crippen molar-refractivity contribution in [2.45, 2.75) is 25.5 Å². The molecule has 2 aromatic heterocycles. The fourth-order valence-corrected chi connectivity index (χ4v) is 3.55. The van der Waals surface area contributed by atoms with Gasteiger partial charge in [0.25, 0.3) is 5.91 Å². The second-order valence-electron chi connectivity index (χ2n) is 5.99. The van der Waals surface area contributed by atoms with Gasteiger partial charge in [-0.2, -0.15) is 0 Å². The summed E-state index contributed by atoms with van der Waals surface area (Å²) in [4.78, 5) is 24.0. The van der Waals surface area contributed by atoms with Crippen LogP contribution in [-0.4, -0.2) is 39.0 Å². The van der Waals surface area contributed by atoms with Gasteiger partial charge in [0, 0.05) is 16.7 Å². The van der Waals surface area contributed by atoms with Gasteiger partial charge in [-0.3, -0.25) is 14.2 Å². The summed E-state index contributed by atoms with van der Waals surface area (Å²) in [6.45, 7) is 4.14. The normalized spacial score (nSPS) is 10.7. The highest BCUT2D eigenvalue weighted by Crippen LogP contribution is 2.24. The van der Waals surface area contributed by atoms with Crippen LogP contribution in [0.4, 0.5) is 5.69 Å². The number of nitrogens with zero attached hydrogens (tertiary/aromatic N) is 3. The molecule has 29 heavy (non-hydrogen) atoms. The number of nitrogens with one attached hydrogen (secondary N) is 1. The number of ether oxygens (including phenoxy) is 1. The number of rotatable bonds is 8. The van der Waals surface area contributed by atoms with Crippen molar-refractivity contribution >= 4 is 45.3 Å². The molecular formula is C19H19BrN4O4S. The zero-order chi connectivity index (χ0) is 20.8. The van der Waals surface area contributed by atoms with Crippen molar-refractivity contribution < 1.29 is 18.7 Å². The van der Waals surface area contributed by atoms with E-state index in [0.717, 1.165) is 10.0 Å². The number of benzene rings is 1. The van der Waals surface area contributed by atoms with Crippen molar-refractivity contribution in [3.63, 3.8) is 0 Å². The first-order chi connectivity index (χ1) is 14.0. The first-order valence-electron chi connectivity index (χ1n) is 8.79. The third-order valence-electron chi connectivity index (χ3n) is 3.90. The molecule has 0 unspecified atom stereocenters. The molecule has 0 aliphatic rings. The van der Waals surface area contributed by atoms with E-state index in [1.54, 1.807) is 24.5 Å². The molecule has 0 bridgehead atoms. The van der Waals surface area contributed by atoms with Crippen LogP contribution in [0.1, 0.15) is 12.5 Å². The second kappa shape index (κ2) is 9.75. The van der Waals surface area contributed by atoms with E-state index in [4.69, 9.17) is 9.15 Å². The van der Waals surface area contributed by atoms with E-state index < -0.39 is 11.9 Å². The predicted octanol–water partition coefficient (Wildman–Crippen LogP) is 3.90. The lowest BCUT2D eigenvalue weighted by molar-refractivity contribution is -0.144. The molecular weight excluding hydrogens is 460 g/mol. The Labute approximate surface area is 180 Å². The molecule has 0 radical (unpaired) electrons. The molecule has 1 aromatic carbocycles. The molecule has 0 aliphatic carbocycles. The third kappa shape index (κ3) is 5.48. The van der Waals surface area contributed by atoms with Crippen molar-refractivity contribution in [2.24, 2.45) is 0 Å². The summed E-state index contributed by atoms with van der Waals surface area (Å²) in [6, 6.07) is 9.00. The molecule has 0 aliphatic heterocycles. The van der Waals surface area contributed by atoms with Gasteiger partial charge in [0.05, 0.1) is 12.0 Å². The monoisotopic (exact) mass is 478 g/mol. The van der Waals surface area contributed by atoms with Crippen LogP contribution in [0.2, 0.25) is 0 Å². The number of thioether (sulfide) groups is 1. The van der Waals surface area contributed by atoms with E-state index in [1.807, 2.05) is 30.5 Å². The van der Waals surface area contributed by atoms with Crippen LogP contribution in [0.3, 0.4) is 0 Å². The largest absolute Gasteiger partial charge is 0.461 e. The number of aromatic nitrogens is 3. The molecule has 10 heteroatoms. The van der Waals surface area contributed by atoms with Gasteiger partial charge in [0.15, 0.2) is 23.3 Å². The predicted molar refractivity (Wildman–Crippen MR) is 113 cm³/mol. The number of hydrogen-bond donors (Lipinski definition) is 1. The second-order valence-corrected chi connectivity index (χ2v) is 7.79. The van der Waals surface area contributed by atoms with Gasteiger partial charge < -0.3 is 14.5 Å². The topological polar surface area (TPSA) is 99.2 Å². The van der Waals surface area contributed by atoms with Gasteiger partial charge in [-0.05, 0) is 49.7 Å². The Morgan fingerprint density at radius 3 is 2.83 bits per heavy atom. The molecule has 3 aromatic rings. The number of carbonyl (C=O) groups excluding carboxylic acids is 2. The van der Waals surface area contributed by atoms with E-state index in [1.165, 1.54) is 11.8 Å². The highest BCUT2D eigenvalue weighted by Gasteiger charge is 2.17. The van der Waals surface area contributed by atoms with Crippen molar-refractivity contribution in [3.05, 3.63) is 46.6 Å². The molecule has 2 heterocycles. The lowest BCUT2D eigenvalue weighted by Crippen LogP contribution is -2.21. The van der Waals surface area contributed by atoms with Crippen LogP contribution in [0.5, 0.6) is 0 Å².